The molecule has 1 aromatic heterocycles. The summed E-state index contributed by atoms with van der Waals surface area (Å²) in [6.07, 6.45) is 0. The van der Waals surface area contributed by atoms with Gasteiger partial charge in [0.25, 0.3) is 0 Å². The summed E-state index contributed by atoms with van der Waals surface area (Å²) in [5.74, 6) is 0.225. The van der Waals surface area contributed by atoms with Crippen molar-refractivity contribution < 1.29 is 9.13 Å². The maximum absolute atomic E-state index is 13.6. The van der Waals surface area contributed by atoms with Gasteiger partial charge < -0.3 is 16.2 Å². The molecular weight excluding hydrogens is 367 g/mol. The van der Waals surface area contributed by atoms with E-state index in [1.54, 1.807) is 12.1 Å². The maximum atomic E-state index is 13.6. The molecule has 0 saturated heterocycles. The van der Waals surface area contributed by atoms with Gasteiger partial charge in [-0.2, -0.15) is 10.2 Å². The smallest absolute Gasteiger partial charge is 0.227 e. The second kappa shape index (κ2) is 6.21. The Morgan fingerprint density at radius 3 is 2.52 bits per heavy atom. The van der Waals surface area contributed by atoms with Crippen LogP contribution in [-0.4, -0.2) is 4.98 Å². The minimum atomic E-state index is -0.376. The van der Waals surface area contributed by atoms with Crippen LogP contribution in [0.15, 0.2) is 60.7 Å². The molecule has 29 heavy (non-hydrogen) atoms. The quantitative estimate of drug-likeness (QED) is 0.438. The van der Waals surface area contributed by atoms with Crippen LogP contribution in [0.1, 0.15) is 28.2 Å². The summed E-state index contributed by atoms with van der Waals surface area (Å²) in [4.78, 5) is 4.32. The number of nitrogens with zero attached hydrogens (tertiary/aromatic N) is 2. The average Bonchev–Trinajstić information content (AvgIpc) is 2.73. The van der Waals surface area contributed by atoms with Crippen LogP contribution in [0.2, 0.25) is 0 Å². The second-order valence-electron chi connectivity index (χ2n) is 6.91. The number of rotatable bonds is 1. The predicted molar refractivity (Wildman–Crippen MR) is 109 cm³/mol. The predicted octanol–water partition coefficient (Wildman–Crippen LogP) is 4.70. The van der Waals surface area contributed by atoms with Gasteiger partial charge in [-0.15, -0.1) is 0 Å². The van der Waals surface area contributed by atoms with Crippen LogP contribution in [0, 0.1) is 17.1 Å². The Labute approximate surface area is 166 Å². The van der Waals surface area contributed by atoms with E-state index in [-0.39, 0.29) is 34.7 Å². The Balaban J connectivity index is 1.87. The summed E-state index contributed by atoms with van der Waals surface area (Å²) in [5.41, 5.74) is 14.9. The summed E-state index contributed by atoms with van der Waals surface area (Å²) in [6.45, 7) is 0. The molecule has 3 aromatic carbocycles. The van der Waals surface area contributed by atoms with Gasteiger partial charge in [0.15, 0.2) is 0 Å². The Kier molecular flexibility index (Phi) is 3.65. The van der Waals surface area contributed by atoms with Crippen LogP contribution in [0.25, 0.3) is 10.8 Å². The molecule has 0 aliphatic carbocycles. The van der Waals surface area contributed by atoms with Gasteiger partial charge in [0.1, 0.15) is 29.0 Å². The Morgan fingerprint density at radius 2 is 1.76 bits per heavy atom. The summed E-state index contributed by atoms with van der Waals surface area (Å²) < 4.78 is 19.8. The van der Waals surface area contributed by atoms with E-state index in [0.717, 1.165) is 21.9 Å². The molecule has 0 amide bonds. The first-order chi connectivity index (χ1) is 14.1. The molecular formula is C23H15FN4O. The van der Waals surface area contributed by atoms with E-state index in [0.29, 0.717) is 11.3 Å². The standard InChI is InChI=1S/C23H15FN4O/c24-14-8-5-13(6-9-14)18-16-10-7-12-3-1-2-4-15(12)21(16)29-23-19(18)20(26)17(11-25)22(27)28-23/h1-10,18H,(H4,26,27,28)/t18-/m0/s1. The largest absolute Gasteiger partial charge is 0.438 e. The molecule has 0 unspecified atom stereocenters. The van der Waals surface area contributed by atoms with Crippen LogP contribution in [-0.2, 0) is 0 Å². The van der Waals surface area contributed by atoms with E-state index in [9.17, 15) is 9.65 Å². The van der Waals surface area contributed by atoms with Crippen molar-refractivity contribution in [2.45, 2.75) is 5.92 Å². The van der Waals surface area contributed by atoms with Crippen molar-refractivity contribution in [1.29, 1.82) is 5.26 Å². The number of benzene rings is 3. The van der Waals surface area contributed by atoms with E-state index >= 15 is 0 Å². The zero-order chi connectivity index (χ0) is 20.1. The third-order valence-corrected chi connectivity index (χ3v) is 5.29. The molecule has 1 aliphatic rings. The Hall–Kier alpha value is -4.11. The van der Waals surface area contributed by atoms with E-state index in [2.05, 4.69) is 4.98 Å². The lowest BCUT2D eigenvalue weighted by atomic mass is 9.81. The maximum Gasteiger partial charge on any atom is 0.227 e. The van der Waals surface area contributed by atoms with E-state index in [4.69, 9.17) is 16.2 Å². The van der Waals surface area contributed by atoms with Crippen LogP contribution in [0.3, 0.4) is 0 Å². The fourth-order valence-electron chi connectivity index (χ4n) is 3.94. The lowest BCUT2D eigenvalue weighted by molar-refractivity contribution is 0.440. The minimum Gasteiger partial charge on any atom is -0.438 e. The van der Waals surface area contributed by atoms with Gasteiger partial charge in [0.05, 0.1) is 11.3 Å². The number of hydrogen-bond acceptors (Lipinski definition) is 5. The van der Waals surface area contributed by atoms with Crippen molar-refractivity contribution in [2.24, 2.45) is 0 Å². The minimum absolute atomic E-state index is 0.0188. The number of ether oxygens (including phenoxy) is 1. The molecule has 4 N–H and O–H groups in total. The van der Waals surface area contributed by atoms with Crippen molar-refractivity contribution >= 4 is 22.3 Å². The molecule has 6 heteroatoms. The third-order valence-electron chi connectivity index (χ3n) is 5.29. The molecule has 0 radical (unpaired) electrons. The summed E-state index contributed by atoms with van der Waals surface area (Å²) in [7, 11) is 0. The molecule has 0 saturated carbocycles. The summed E-state index contributed by atoms with van der Waals surface area (Å²) in [6, 6.07) is 20.1. The fourth-order valence-corrected chi connectivity index (χ4v) is 3.94. The SMILES string of the molecule is N#Cc1c(N)nc2c(c1N)[C@@H](c1ccc(F)cc1)c1ccc3ccccc3c1O2. The molecule has 1 atom stereocenters. The fraction of sp³-hybridized carbons (Fsp3) is 0.0435. The van der Waals surface area contributed by atoms with Crippen LogP contribution in [0.5, 0.6) is 11.6 Å². The number of aromatic nitrogens is 1. The van der Waals surface area contributed by atoms with Gasteiger partial charge in [-0.05, 0) is 23.1 Å². The van der Waals surface area contributed by atoms with Gasteiger partial charge in [-0.1, -0.05) is 48.5 Å². The third kappa shape index (κ3) is 2.48. The van der Waals surface area contributed by atoms with Crippen LogP contribution < -0.4 is 16.2 Å². The van der Waals surface area contributed by atoms with Gasteiger partial charge in [0, 0.05) is 16.9 Å². The van der Waals surface area contributed by atoms with Crippen LogP contribution >= 0.6 is 0 Å². The molecule has 140 valence electrons. The molecule has 5 nitrogen and oxygen atoms in total. The number of pyridine rings is 1. The molecule has 5 rings (SSSR count). The second-order valence-corrected chi connectivity index (χ2v) is 6.91. The van der Waals surface area contributed by atoms with Gasteiger partial charge in [-0.25, -0.2) is 4.39 Å². The topological polar surface area (TPSA) is 98.0 Å². The lowest BCUT2D eigenvalue weighted by Gasteiger charge is -2.30. The van der Waals surface area contributed by atoms with Gasteiger partial charge >= 0.3 is 0 Å². The number of nitrogens with two attached hydrogens (primary N) is 2. The zero-order valence-electron chi connectivity index (χ0n) is 15.2. The highest BCUT2D eigenvalue weighted by Crippen LogP contribution is 2.52. The number of hydrogen-bond donors (Lipinski definition) is 2. The molecule has 0 spiro atoms. The summed E-state index contributed by atoms with van der Waals surface area (Å²) >= 11 is 0. The lowest BCUT2D eigenvalue weighted by Crippen LogP contribution is -2.17. The van der Waals surface area contributed by atoms with E-state index in [1.165, 1.54) is 12.1 Å². The van der Waals surface area contributed by atoms with Crippen molar-refractivity contribution in [2.75, 3.05) is 11.5 Å². The number of nitriles is 1. The number of nitrogen functional groups attached to an aromatic ring is 2. The number of halogens is 1. The highest BCUT2D eigenvalue weighted by atomic mass is 19.1. The van der Waals surface area contributed by atoms with Crippen molar-refractivity contribution in [1.82, 2.24) is 4.98 Å². The molecule has 0 fully saturated rings. The molecule has 4 aromatic rings. The van der Waals surface area contributed by atoms with E-state index in [1.807, 2.05) is 42.5 Å². The molecule has 0 bridgehead atoms. The highest BCUT2D eigenvalue weighted by Gasteiger charge is 2.34. The zero-order valence-corrected chi connectivity index (χ0v) is 15.2. The van der Waals surface area contributed by atoms with E-state index < -0.39 is 0 Å². The first-order valence-electron chi connectivity index (χ1n) is 9.02. The number of fused-ring (bicyclic) bond motifs is 4. The van der Waals surface area contributed by atoms with Crippen LogP contribution in [0.4, 0.5) is 15.9 Å². The Bertz CT molecular complexity index is 1330. The van der Waals surface area contributed by atoms with Gasteiger partial charge in [0.2, 0.25) is 5.88 Å². The number of anilines is 2. The highest BCUT2D eigenvalue weighted by molar-refractivity contribution is 5.91. The first kappa shape index (κ1) is 17.0. The van der Waals surface area contributed by atoms with Crippen molar-refractivity contribution in [3.8, 4) is 17.7 Å². The van der Waals surface area contributed by atoms with Crippen molar-refractivity contribution in [3.63, 3.8) is 0 Å². The first-order valence-corrected chi connectivity index (χ1v) is 9.02. The van der Waals surface area contributed by atoms with Crippen molar-refractivity contribution in [3.05, 3.63) is 88.7 Å². The Morgan fingerprint density at radius 1 is 1.00 bits per heavy atom. The monoisotopic (exact) mass is 382 g/mol. The normalized spacial score (nSPS) is 14.6. The average molecular weight is 382 g/mol. The molecule has 2 heterocycles. The molecule has 1 aliphatic heterocycles. The summed E-state index contributed by atoms with van der Waals surface area (Å²) in [5, 5.41) is 11.4. The van der Waals surface area contributed by atoms with Gasteiger partial charge in [-0.3, -0.25) is 0 Å².